The Kier molecular flexibility index (Phi) is 6.02. The van der Waals surface area contributed by atoms with Crippen LogP contribution in [-0.4, -0.2) is 20.9 Å². The fraction of sp³-hybridized carbons (Fsp3) is 0.150. The molecule has 0 saturated carbocycles. The molecule has 0 aliphatic carbocycles. The smallest absolute Gasteiger partial charge is 0.291 e. The summed E-state index contributed by atoms with van der Waals surface area (Å²) in [4.78, 5) is 12.6. The number of carbonyl (C=O) groups excluding carboxylic acids is 1. The van der Waals surface area contributed by atoms with Crippen LogP contribution in [0.15, 0.2) is 64.0 Å². The predicted octanol–water partition coefficient (Wildman–Crippen LogP) is 4.36. The van der Waals surface area contributed by atoms with E-state index in [0.717, 1.165) is 15.4 Å². The maximum absolute atomic E-state index is 12.6. The topological polar surface area (TPSA) is 88.4 Å². The van der Waals surface area contributed by atoms with Crippen molar-refractivity contribution < 1.29 is 17.6 Å². The minimum atomic E-state index is -3.43. The molecular weight excluding hydrogens is 444 g/mol. The van der Waals surface area contributed by atoms with Crippen molar-refractivity contribution >= 4 is 48.5 Å². The van der Waals surface area contributed by atoms with E-state index in [1.807, 2.05) is 19.1 Å². The van der Waals surface area contributed by atoms with Crippen LogP contribution in [0.4, 0.5) is 5.69 Å². The molecule has 1 heterocycles. The standard InChI is InChI=1S/C20H19BrN2O4S/c1-3-10-22-28(25,26)12-14-4-7-16(8-5-14)23-20(24)19-13(2)17-11-15(21)6-9-18(17)27-19/h3-9,11,22H,1,10,12H2,2H3,(H,23,24). The van der Waals surface area contributed by atoms with Gasteiger partial charge in [0.25, 0.3) is 5.91 Å². The molecule has 0 aliphatic rings. The van der Waals surface area contributed by atoms with E-state index in [0.29, 0.717) is 16.8 Å². The number of hydrogen-bond acceptors (Lipinski definition) is 4. The van der Waals surface area contributed by atoms with E-state index < -0.39 is 10.0 Å². The SMILES string of the molecule is C=CCNS(=O)(=O)Cc1ccc(NC(=O)c2oc3ccc(Br)cc3c2C)cc1. The van der Waals surface area contributed by atoms with Crippen LogP contribution in [0.25, 0.3) is 11.0 Å². The number of aryl methyl sites for hydroxylation is 1. The number of hydrogen-bond donors (Lipinski definition) is 2. The second-order valence-electron chi connectivity index (χ2n) is 6.24. The fourth-order valence-corrected chi connectivity index (χ4v) is 4.20. The van der Waals surface area contributed by atoms with Crippen molar-refractivity contribution in [3.8, 4) is 0 Å². The highest BCUT2D eigenvalue weighted by Gasteiger charge is 2.18. The molecule has 0 saturated heterocycles. The number of halogens is 1. The predicted molar refractivity (Wildman–Crippen MR) is 114 cm³/mol. The Hall–Kier alpha value is -2.42. The first-order valence-corrected chi connectivity index (χ1v) is 10.9. The molecule has 1 aromatic heterocycles. The van der Waals surface area contributed by atoms with Crippen molar-refractivity contribution in [1.29, 1.82) is 0 Å². The first kappa shape index (κ1) is 20.3. The van der Waals surface area contributed by atoms with Crippen molar-refractivity contribution in [3.63, 3.8) is 0 Å². The van der Waals surface area contributed by atoms with Gasteiger partial charge >= 0.3 is 0 Å². The van der Waals surface area contributed by atoms with Gasteiger partial charge in [-0.2, -0.15) is 0 Å². The maximum atomic E-state index is 12.6. The van der Waals surface area contributed by atoms with Crippen LogP contribution >= 0.6 is 15.9 Å². The Morgan fingerprint density at radius 1 is 1.21 bits per heavy atom. The first-order chi connectivity index (χ1) is 13.3. The molecule has 0 atom stereocenters. The van der Waals surface area contributed by atoms with Gasteiger partial charge in [-0.15, -0.1) is 6.58 Å². The second-order valence-corrected chi connectivity index (χ2v) is 8.97. The largest absolute Gasteiger partial charge is 0.451 e. The number of rotatable bonds is 7. The molecule has 0 bridgehead atoms. The molecule has 3 rings (SSSR count). The molecule has 0 radical (unpaired) electrons. The minimum Gasteiger partial charge on any atom is -0.451 e. The number of carbonyl (C=O) groups is 1. The quantitative estimate of drug-likeness (QED) is 0.510. The lowest BCUT2D eigenvalue weighted by Crippen LogP contribution is -2.25. The van der Waals surface area contributed by atoms with Crippen LogP contribution in [0.2, 0.25) is 0 Å². The van der Waals surface area contributed by atoms with Crippen molar-refractivity contribution in [1.82, 2.24) is 4.72 Å². The number of amides is 1. The Bertz CT molecular complexity index is 1130. The van der Waals surface area contributed by atoms with Crippen LogP contribution in [0, 0.1) is 6.92 Å². The fourth-order valence-electron chi connectivity index (χ4n) is 2.74. The molecule has 0 spiro atoms. The number of sulfonamides is 1. The Morgan fingerprint density at radius 3 is 2.61 bits per heavy atom. The Labute approximate surface area is 171 Å². The summed E-state index contributed by atoms with van der Waals surface area (Å²) in [5.74, 6) is -0.265. The third-order valence-electron chi connectivity index (χ3n) is 4.12. The van der Waals surface area contributed by atoms with Gasteiger partial charge in [0, 0.05) is 27.7 Å². The van der Waals surface area contributed by atoms with Gasteiger partial charge < -0.3 is 9.73 Å². The third-order valence-corrected chi connectivity index (χ3v) is 5.93. The maximum Gasteiger partial charge on any atom is 0.291 e. The van der Waals surface area contributed by atoms with Gasteiger partial charge in [0.15, 0.2) is 5.76 Å². The minimum absolute atomic E-state index is 0.146. The van der Waals surface area contributed by atoms with Gasteiger partial charge in [-0.1, -0.05) is 34.1 Å². The van der Waals surface area contributed by atoms with Crippen LogP contribution < -0.4 is 10.0 Å². The van der Waals surface area contributed by atoms with E-state index in [1.54, 1.807) is 30.3 Å². The number of fused-ring (bicyclic) bond motifs is 1. The molecule has 146 valence electrons. The summed E-state index contributed by atoms with van der Waals surface area (Å²) >= 11 is 3.41. The molecular formula is C20H19BrN2O4S. The number of furan rings is 1. The Morgan fingerprint density at radius 2 is 1.93 bits per heavy atom. The summed E-state index contributed by atoms with van der Waals surface area (Å²) in [6.07, 6.45) is 1.48. The average Bonchev–Trinajstić information content (AvgIpc) is 2.98. The second kappa shape index (κ2) is 8.30. The monoisotopic (exact) mass is 462 g/mol. The molecule has 2 aromatic carbocycles. The van der Waals surface area contributed by atoms with Crippen molar-refractivity contribution in [2.75, 3.05) is 11.9 Å². The normalized spacial score (nSPS) is 11.5. The van der Waals surface area contributed by atoms with E-state index in [9.17, 15) is 13.2 Å². The molecule has 2 N–H and O–H groups in total. The zero-order valence-corrected chi connectivity index (χ0v) is 17.6. The summed E-state index contributed by atoms with van der Waals surface area (Å²) < 4.78 is 32.8. The van der Waals surface area contributed by atoms with Gasteiger partial charge in [-0.25, -0.2) is 13.1 Å². The zero-order valence-electron chi connectivity index (χ0n) is 15.2. The van der Waals surface area contributed by atoms with Gasteiger partial charge in [-0.05, 0) is 42.8 Å². The number of benzene rings is 2. The van der Waals surface area contributed by atoms with E-state index in [-0.39, 0.29) is 24.0 Å². The summed E-state index contributed by atoms with van der Waals surface area (Å²) in [5.41, 5.74) is 2.55. The molecule has 6 nitrogen and oxygen atoms in total. The van der Waals surface area contributed by atoms with Crippen LogP contribution in [0.1, 0.15) is 21.7 Å². The molecule has 0 unspecified atom stereocenters. The molecule has 0 fully saturated rings. The Balaban J connectivity index is 1.73. The highest BCUT2D eigenvalue weighted by atomic mass is 79.9. The van der Waals surface area contributed by atoms with Crippen molar-refractivity contribution in [3.05, 3.63) is 76.5 Å². The molecule has 28 heavy (non-hydrogen) atoms. The number of anilines is 1. The lowest BCUT2D eigenvalue weighted by Gasteiger charge is -2.07. The van der Waals surface area contributed by atoms with Crippen molar-refractivity contribution in [2.45, 2.75) is 12.7 Å². The summed E-state index contributed by atoms with van der Waals surface area (Å²) in [6.45, 7) is 5.50. The summed E-state index contributed by atoms with van der Waals surface area (Å²) in [7, 11) is -3.43. The van der Waals surface area contributed by atoms with Crippen LogP contribution in [-0.2, 0) is 15.8 Å². The highest BCUT2D eigenvalue weighted by molar-refractivity contribution is 9.10. The van der Waals surface area contributed by atoms with E-state index >= 15 is 0 Å². The first-order valence-electron chi connectivity index (χ1n) is 8.46. The average molecular weight is 463 g/mol. The highest BCUT2D eigenvalue weighted by Crippen LogP contribution is 2.28. The van der Waals surface area contributed by atoms with Gasteiger partial charge in [0.1, 0.15) is 5.58 Å². The summed E-state index contributed by atoms with van der Waals surface area (Å²) in [5, 5.41) is 3.64. The lowest BCUT2D eigenvalue weighted by atomic mass is 10.1. The third kappa shape index (κ3) is 4.70. The van der Waals surface area contributed by atoms with Gasteiger partial charge in [-0.3, -0.25) is 4.79 Å². The molecule has 8 heteroatoms. The van der Waals surface area contributed by atoms with E-state index in [1.165, 1.54) is 6.08 Å². The van der Waals surface area contributed by atoms with Crippen LogP contribution in [0.5, 0.6) is 0 Å². The van der Waals surface area contributed by atoms with E-state index in [2.05, 4.69) is 32.5 Å². The van der Waals surface area contributed by atoms with Gasteiger partial charge in [0.2, 0.25) is 10.0 Å². The van der Waals surface area contributed by atoms with E-state index in [4.69, 9.17) is 4.42 Å². The lowest BCUT2D eigenvalue weighted by molar-refractivity contribution is 0.0998. The molecule has 1 amide bonds. The molecule has 0 aliphatic heterocycles. The molecule has 3 aromatic rings. The van der Waals surface area contributed by atoms with Crippen molar-refractivity contribution in [2.24, 2.45) is 0 Å². The number of nitrogens with one attached hydrogen (secondary N) is 2. The van der Waals surface area contributed by atoms with Gasteiger partial charge in [0.05, 0.1) is 5.75 Å². The van der Waals surface area contributed by atoms with Crippen LogP contribution in [0.3, 0.4) is 0 Å². The zero-order chi connectivity index (χ0) is 20.3. The summed E-state index contributed by atoms with van der Waals surface area (Å²) in [6, 6.07) is 12.2.